The molecule has 0 bridgehead atoms. The van der Waals surface area contributed by atoms with Crippen LogP contribution in [0.2, 0.25) is 0 Å². The van der Waals surface area contributed by atoms with E-state index < -0.39 is 6.03 Å². The van der Waals surface area contributed by atoms with Crippen molar-refractivity contribution in [2.24, 2.45) is 0 Å². The molecule has 0 aliphatic heterocycles. The first-order chi connectivity index (χ1) is 13.0. The summed E-state index contributed by atoms with van der Waals surface area (Å²) in [7, 11) is 0. The van der Waals surface area contributed by atoms with Crippen LogP contribution in [0.1, 0.15) is 24.1 Å². The van der Waals surface area contributed by atoms with Gasteiger partial charge in [0, 0.05) is 5.69 Å². The fourth-order valence-corrected chi connectivity index (χ4v) is 2.71. The molecule has 0 atom stereocenters. The highest BCUT2D eigenvalue weighted by Gasteiger charge is 2.12. The van der Waals surface area contributed by atoms with Crippen LogP contribution >= 0.6 is 0 Å². The van der Waals surface area contributed by atoms with E-state index in [-0.39, 0.29) is 0 Å². The molecule has 2 aromatic heterocycles. The van der Waals surface area contributed by atoms with Crippen molar-refractivity contribution in [3.8, 4) is 11.7 Å². The van der Waals surface area contributed by atoms with Crippen LogP contribution in [-0.4, -0.2) is 32.2 Å². The van der Waals surface area contributed by atoms with Crippen molar-refractivity contribution in [2.75, 3.05) is 17.2 Å². The SMILES string of the molecule is CCOc1ccccc1NC(=O)Nc1cnc(-n2c(C)nc(C)c2C)nc1. The zero-order valence-corrected chi connectivity index (χ0v) is 15.8. The van der Waals surface area contributed by atoms with Gasteiger partial charge in [-0.3, -0.25) is 4.57 Å². The lowest BCUT2D eigenvalue weighted by atomic mass is 10.3. The van der Waals surface area contributed by atoms with Gasteiger partial charge in [0.25, 0.3) is 0 Å². The van der Waals surface area contributed by atoms with Crippen LogP contribution in [0.3, 0.4) is 0 Å². The highest BCUT2D eigenvalue weighted by Crippen LogP contribution is 2.23. The lowest BCUT2D eigenvalue weighted by molar-refractivity contribution is 0.262. The molecular weight excluding hydrogens is 344 g/mol. The van der Waals surface area contributed by atoms with Gasteiger partial charge in [-0.15, -0.1) is 0 Å². The minimum Gasteiger partial charge on any atom is -0.492 e. The van der Waals surface area contributed by atoms with Gasteiger partial charge >= 0.3 is 6.03 Å². The molecule has 0 fully saturated rings. The summed E-state index contributed by atoms with van der Waals surface area (Å²) in [5.74, 6) is 1.94. The quantitative estimate of drug-likeness (QED) is 0.719. The van der Waals surface area contributed by atoms with Crippen molar-refractivity contribution in [2.45, 2.75) is 27.7 Å². The molecule has 0 saturated carbocycles. The molecule has 2 heterocycles. The van der Waals surface area contributed by atoms with Gasteiger partial charge in [0.15, 0.2) is 0 Å². The maximum atomic E-state index is 12.3. The van der Waals surface area contributed by atoms with Crippen LogP contribution in [-0.2, 0) is 0 Å². The Kier molecular flexibility index (Phi) is 5.35. The van der Waals surface area contributed by atoms with Crippen molar-refractivity contribution in [1.82, 2.24) is 19.5 Å². The molecule has 2 N–H and O–H groups in total. The normalized spacial score (nSPS) is 10.5. The number of nitrogens with zero attached hydrogens (tertiary/aromatic N) is 4. The standard InChI is InChI=1S/C19H22N6O2/c1-5-27-17-9-7-6-8-16(17)24-19(26)23-15-10-20-18(21-11-15)25-13(3)12(2)22-14(25)4/h6-11H,5H2,1-4H3,(H2,23,24,26). The number of carbonyl (C=O) groups excluding carboxylic acids is 1. The number of ether oxygens (including phenoxy) is 1. The van der Waals surface area contributed by atoms with Crippen molar-refractivity contribution >= 4 is 17.4 Å². The number of benzene rings is 1. The van der Waals surface area contributed by atoms with E-state index in [9.17, 15) is 4.79 Å². The lowest BCUT2D eigenvalue weighted by Crippen LogP contribution is -2.20. The largest absolute Gasteiger partial charge is 0.492 e. The Morgan fingerprint density at radius 3 is 2.44 bits per heavy atom. The molecule has 1 aromatic carbocycles. The van der Waals surface area contributed by atoms with Crippen LogP contribution in [0, 0.1) is 20.8 Å². The van der Waals surface area contributed by atoms with E-state index in [0.29, 0.717) is 29.7 Å². The Morgan fingerprint density at radius 2 is 1.81 bits per heavy atom. The van der Waals surface area contributed by atoms with E-state index in [1.807, 2.05) is 44.4 Å². The molecule has 3 rings (SSSR count). The summed E-state index contributed by atoms with van der Waals surface area (Å²) in [6.45, 7) is 8.22. The number of imidazole rings is 1. The number of amides is 2. The first-order valence-electron chi connectivity index (χ1n) is 8.64. The molecule has 0 aliphatic rings. The van der Waals surface area contributed by atoms with Gasteiger partial charge in [-0.25, -0.2) is 19.7 Å². The Morgan fingerprint density at radius 1 is 1.11 bits per heavy atom. The molecule has 0 aliphatic carbocycles. The number of nitrogens with one attached hydrogen (secondary N) is 2. The first kappa shape index (κ1) is 18.4. The molecule has 0 unspecified atom stereocenters. The highest BCUT2D eigenvalue weighted by molar-refractivity contribution is 6.00. The third-order valence-corrected chi connectivity index (χ3v) is 4.04. The second-order valence-corrected chi connectivity index (χ2v) is 5.95. The van der Waals surface area contributed by atoms with Gasteiger partial charge < -0.3 is 15.4 Å². The van der Waals surface area contributed by atoms with Gasteiger partial charge in [0.05, 0.1) is 36.1 Å². The number of urea groups is 1. The molecule has 3 aromatic rings. The average Bonchev–Trinajstić information content (AvgIpc) is 2.90. The summed E-state index contributed by atoms with van der Waals surface area (Å²) in [5, 5.41) is 5.48. The minimum atomic E-state index is -0.399. The summed E-state index contributed by atoms with van der Waals surface area (Å²) < 4.78 is 7.37. The maximum Gasteiger partial charge on any atom is 0.323 e. The number of carbonyl (C=O) groups is 1. The zero-order chi connectivity index (χ0) is 19.4. The second kappa shape index (κ2) is 7.86. The van der Waals surface area contributed by atoms with Crippen LogP contribution in [0.15, 0.2) is 36.7 Å². The van der Waals surface area contributed by atoms with Crippen LogP contribution in [0.5, 0.6) is 5.75 Å². The third kappa shape index (κ3) is 4.05. The number of aryl methyl sites for hydroxylation is 2. The van der Waals surface area contributed by atoms with E-state index >= 15 is 0 Å². The fraction of sp³-hybridized carbons (Fsp3) is 0.263. The van der Waals surface area contributed by atoms with Gasteiger partial charge in [0.1, 0.15) is 11.6 Å². The van der Waals surface area contributed by atoms with E-state index in [2.05, 4.69) is 25.6 Å². The number of hydrogen-bond acceptors (Lipinski definition) is 5. The second-order valence-electron chi connectivity index (χ2n) is 5.95. The van der Waals surface area contributed by atoms with Crippen LogP contribution < -0.4 is 15.4 Å². The van der Waals surface area contributed by atoms with E-state index in [4.69, 9.17) is 4.74 Å². The molecule has 2 amide bonds. The highest BCUT2D eigenvalue weighted by atomic mass is 16.5. The van der Waals surface area contributed by atoms with Gasteiger partial charge in [0.2, 0.25) is 5.95 Å². The Balaban J connectivity index is 1.71. The van der Waals surface area contributed by atoms with E-state index in [1.165, 1.54) is 0 Å². The summed E-state index contributed by atoms with van der Waals surface area (Å²) in [4.78, 5) is 25.3. The van der Waals surface area contributed by atoms with Gasteiger partial charge in [-0.1, -0.05) is 12.1 Å². The van der Waals surface area contributed by atoms with E-state index in [1.54, 1.807) is 24.5 Å². The summed E-state index contributed by atoms with van der Waals surface area (Å²) in [6, 6.07) is 6.85. The smallest absolute Gasteiger partial charge is 0.323 e. The Hall–Kier alpha value is -3.42. The molecular formula is C19H22N6O2. The predicted molar refractivity (Wildman–Crippen MR) is 104 cm³/mol. The van der Waals surface area contributed by atoms with Gasteiger partial charge in [-0.2, -0.15) is 0 Å². The number of hydrogen-bond donors (Lipinski definition) is 2. The van der Waals surface area contributed by atoms with Crippen molar-refractivity contribution in [1.29, 1.82) is 0 Å². The number of anilines is 2. The third-order valence-electron chi connectivity index (χ3n) is 4.04. The Bertz CT molecular complexity index is 949. The van der Waals surface area contributed by atoms with Crippen LogP contribution in [0.4, 0.5) is 16.2 Å². The average molecular weight is 366 g/mol. The monoisotopic (exact) mass is 366 g/mol. The maximum absolute atomic E-state index is 12.3. The van der Waals surface area contributed by atoms with Crippen molar-refractivity contribution < 1.29 is 9.53 Å². The molecule has 0 spiro atoms. The predicted octanol–water partition coefficient (Wildman–Crippen LogP) is 3.63. The van der Waals surface area contributed by atoms with Crippen LogP contribution in [0.25, 0.3) is 5.95 Å². The fourth-order valence-electron chi connectivity index (χ4n) is 2.71. The molecule has 0 radical (unpaired) electrons. The van der Waals surface area contributed by atoms with E-state index in [0.717, 1.165) is 17.2 Å². The topological polar surface area (TPSA) is 94.0 Å². The van der Waals surface area contributed by atoms with Crippen molar-refractivity contribution in [3.05, 3.63) is 53.9 Å². The zero-order valence-electron chi connectivity index (χ0n) is 15.8. The molecule has 8 heteroatoms. The summed E-state index contributed by atoms with van der Waals surface area (Å²) >= 11 is 0. The van der Waals surface area contributed by atoms with Crippen molar-refractivity contribution in [3.63, 3.8) is 0 Å². The number of para-hydroxylation sites is 2. The number of rotatable bonds is 5. The molecule has 27 heavy (non-hydrogen) atoms. The molecule has 8 nitrogen and oxygen atoms in total. The summed E-state index contributed by atoms with van der Waals surface area (Å²) in [5.41, 5.74) is 3.00. The molecule has 0 saturated heterocycles. The van der Waals surface area contributed by atoms with Gasteiger partial charge in [-0.05, 0) is 39.8 Å². The number of aromatic nitrogens is 4. The lowest BCUT2D eigenvalue weighted by Gasteiger charge is -2.12. The Labute approximate surface area is 157 Å². The first-order valence-corrected chi connectivity index (χ1v) is 8.64. The summed E-state index contributed by atoms with van der Waals surface area (Å²) in [6.07, 6.45) is 3.12. The minimum absolute atomic E-state index is 0.399. The molecule has 140 valence electrons.